The molecule has 1 amide bonds. The molecule has 150 valence electrons. The first-order valence-electron chi connectivity index (χ1n) is 10.2. The fourth-order valence-electron chi connectivity index (χ4n) is 3.90. The van der Waals surface area contributed by atoms with Gasteiger partial charge in [-0.15, -0.1) is 0 Å². The number of nitrogens with one attached hydrogen (secondary N) is 1. The number of aliphatic imine (C=N–C) groups is 1. The Kier molecular flexibility index (Phi) is 6.77. The molecule has 2 aliphatic rings. The third kappa shape index (κ3) is 5.03. The van der Waals surface area contributed by atoms with E-state index in [4.69, 9.17) is 9.41 Å². The van der Waals surface area contributed by atoms with Gasteiger partial charge in [0.05, 0.1) is 12.6 Å². The van der Waals surface area contributed by atoms with Crippen LogP contribution in [0, 0.1) is 6.92 Å². The van der Waals surface area contributed by atoms with E-state index in [9.17, 15) is 4.79 Å². The molecule has 0 aliphatic carbocycles. The van der Waals surface area contributed by atoms with E-state index in [2.05, 4.69) is 28.1 Å². The molecule has 2 fully saturated rings. The Balaban J connectivity index is 1.70. The molecule has 1 N–H and O–H groups in total. The number of furan rings is 1. The molecule has 0 aromatic carbocycles. The van der Waals surface area contributed by atoms with Gasteiger partial charge in [-0.3, -0.25) is 14.7 Å². The Morgan fingerprint density at radius 3 is 2.37 bits per heavy atom. The summed E-state index contributed by atoms with van der Waals surface area (Å²) in [5, 5.41) is 3.42. The van der Waals surface area contributed by atoms with Crippen molar-refractivity contribution >= 4 is 11.9 Å². The number of amides is 1. The summed E-state index contributed by atoms with van der Waals surface area (Å²) in [6.45, 7) is 12.6. The van der Waals surface area contributed by atoms with Crippen LogP contribution in [-0.4, -0.2) is 78.9 Å². The highest BCUT2D eigenvalue weighted by molar-refractivity contribution is 5.80. The van der Waals surface area contributed by atoms with Gasteiger partial charge in [0.15, 0.2) is 5.96 Å². The summed E-state index contributed by atoms with van der Waals surface area (Å²) in [6.07, 6.45) is 2.49. The maximum absolute atomic E-state index is 11.6. The molecule has 1 unspecified atom stereocenters. The van der Waals surface area contributed by atoms with Crippen molar-refractivity contribution in [3.8, 4) is 0 Å². The summed E-state index contributed by atoms with van der Waals surface area (Å²) in [7, 11) is 0. The second-order valence-electron chi connectivity index (χ2n) is 7.40. The largest absolute Gasteiger partial charge is 0.465 e. The molecule has 3 heterocycles. The molecular weight excluding hydrogens is 342 g/mol. The van der Waals surface area contributed by atoms with Gasteiger partial charge >= 0.3 is 0 Å². The average Bonchev–Trinajstić information content (AvgIpc) is 3.33. The smallest absolute Gasteiger partial charge is 0.219 e. The molecule has 0 radical (unpaired) electrons. The van der Waals surface area contributed by atoms with Crippen LogP contribution in [0.15, 0.2) is 21.5 Å². The first-order valence-corrected chi connectivity index (χ1v) is 10.2. The molecule has 0 spiro atoms. The van der Waals surface area contributed by atoms with Crippen LogP contribution in [-0.2, 0) is 4.79 Å². The van der Waals surface area contributed by atoms with Crippen LogP contribution in [0.1, 0.15) is 44.3 Å². The summed E-state index contributed by atoms with van der Waals surface area (Å²) in [5.74, 6) is 3.05. The highest BCUT2D eigenvalue weighted by atomic mass is 16.3. The number of hydrogen-bond acceptors (Lipinski definition) is 4. The number of carbonyl (C=O) groups is 1. The zero-order valence-electron chi connectivity index (χ0n) is 16.9. The third-order valence-corrected chi connectivity index (χ3v) is 5.44. The van der Waals surface area contributed by atoms with Gasteiger partial charge in [-0.05, 0) is 51.9 Å². The maximum atomic E-state index is 11.6. The summed E-state index contributed by atoms with van der Waals surface area (Å²) in [5.41, 5.74) is 0. The molecule has 0 bridgehead atoms. The van der Waals surface area contributed by atoms with Crippen LogP contribution < -0.4 is 5.32 Å². The number of guanidine groups is 1. The van der Waals surface area contributed by atoms with Crippen molar-refractivity contribution in [2.24, 2.45) is 4.99 Å². The number of rotatable bonds is 5. The van der Waals surface area contributed by atoms with Gasteiger partial charge in [0.2, 0.25) is 5.91 Å². The molecule has 0 saturated carbocycles. The molecule has 2 saturated heterocycles. The van der Waals surface area contributed by atoms with Gasteiger partial charge in [-0.1, -0.05) is 0 Å². The van der Waals surface area contributed by atoms with Crippen LogP contribution in [0.5, 0.6) is 0 Å². The van der Waals surface area contributed by atoms with E-state index in [0.717, 1.165) is 63.3 Å². The Bertz CT molecular complexity index is 643. The van der Waals surface area contributed by atoms with E-state index in [1.165, 1.54) is 12.8 Å². The third-order valence-electron chi connectivity index (χ3n) is 5.44. The lowest BCUT2D eigenvalue weighted by Crippen LogP contribution is -2.53. The summed E-state index contributed by atoms with van der Waals surface area (Å²) in [4.78, 5) is 23.2. The van der Waals surface area contributed by atoms with Gasteiger partial charge in [0.25, 0.3) is 0 Å². The Labute approximate surface area is 162 Å². The molecule has 27 heavy (non-hydrogen) atoms. The minimum absolute atomic E-state index is 0.152. The molecule has 2 aliphatic heterocycles. The molecular formula is C20H33N5O2. The fourth-order valence-corrected chi connectivity index (χ4v) is 3.90. The normalized spacial score (nSPS) is 20.2. The van der Waals surface area contributed by atoms with Crippen molar-refractivity contribution in [1.29, 1.82) is 0 Å². The summed E-state index contributed by atoms with van der Waals surface area (Å²) in [6, 6.07) is 4.31. The van der Waals surface area contributed by atoms with Gasteiger partial charge < -0.3 is 19.5 Å². The standard InChI is InChI=1S/C20H33N5O2/c1-4-21-20(25-13-11-23(12-14-25)17(3)26)22-15-18(24-9-5-6-10-24)19-8-7-16(2)27-19/h7-8,18H,4-6,9-15H2,1-3H3,(H,21,22). The number of piperazine rings is 1. The number of aryl methyl sites for hydroxylation is 1. The van der Waals surface area contributed by atoms with Crippen molar-refractivity contribution in [2.45, 2.75) is 39.7 Å². The molecule has 1 aromatic rings. The van der Waals surface area contributed by atoms with Crippen LogP contribution >= 0.6 is 0 Å². The average molecular weight is 376 g/mol. The molecule has 1 atom stereocenters. The van der Waals surface area contributed by atoms with Crippen molar-refractivity contribution < 1.29 is 9.21 Å². The summed E-state index contributed by atoms with van der Waals surface area (Å²) >= 11 is 0. The SMILES string of the molecule is CCNC(=NCC(c1ccc(C)o1)N1CCCC1)N1CCN(C(C)=O)CC1. The number of nitrogens with zero attached hydrogens (tertiary/aromatic N) is 4. The molecule has 1 aromatic heterocycles. The van der Waals surface area contributed by atoms with Crippen molar-refractivity contribution in [2.75, 3.05) is 52.4 Å². The minimum Gasteiger partial charge on any atom is -0.465 e. The first kappa shape index (κ1) is 19.7. The predicted molar refractivity (Wildman–Crippen MR) is 107 cm³/mol. The highest BCUT2D eigenvalue weighted by Crippen LogP contribution is 2.27. The van der Waals surface area contributed by atoms with Crippen LogP contribution in [0.4, 0.5) is 0 Å². The van der Waals surface area contributed by atoms with Crippen molar-refractivity contribution in [3.05, 3.63) is 23.7 Å². The van der Waals surface area contributed by atoms with Crippen LogP contribution in [0.2, 0.25) is 0 Å². The predicted octanol–water partition coefficient (Wildman–Crippen LogP) is 1.85. The van der Waals surface area contributed by atoms with Crippen LogP contribution in [0.3, 0.4) is 0 Å². The van der Waals surface area contributed by atoms with Crippen molar-refractivity contribution in [1.82, 2.24) is 20.0 Å². The van der Waals surface area contributed by atoms with Crippen LogP contribution in [0.25, 0.3) is 0 Å². The second kappa shape index (κ2) is 9.26. The minimum atomic E-state index is 0.152. The number of hydrogen-bond donors (Lipinski definition) is 1. The van der Waals surface area contributed by atoms with Crippen molar-refractivity contribution in [3.63, 3.8) is 0 Å². The van der Waals surface area contributed by atoms with E-state index in [0.29, 0.717) is 6.54 Å². The Morgan fingerprint density at radius 2 is 1.81 bits per heavy atom. The lowest BCUT2D eigenvalue weighted by molar-refractivity contribution is -0.130. The summed E-state index contributed by atoms with van der Waals surface area (Å²) < 4.78 is 5.95. The van der Waals surface area contributed by atoms with E-state index >= 15 is 0 Å². The maximum Gasteiger partial charge on any atom is 0.219 e. The topological polar surface area (TPSA) is 64.3 Å². The van der Waals surface area contributed by atoms with Gasteiger partial charge in [-0.2, -0.15) is 0 Å². The zero-order chi connectivity index (χ0) is 19.2. The monoisotopic (exact) mass is 375 g/mol. The second-order valence-corrected chi connectivity index (χ2v) is 7.40. The fraction of sp³-hybridized carbons (Fsp3) is 0.700. The Morgan fingerprint density at radius 1 is 1.15 bits per heavy atom. The van der Waals surface area contributed by atoms with E-state index in [1.54, 1.807) is 6.92 Å². The lowest BCUT2D eigenvalue weighted by Gasteiger charge is -2.36. The molecule has 7 heteroatoms. The zero-order valence-corrected chi connectivity index (χ0v) is 16.9. The van der Waals surface area contributed by atoms with Gasteiger partial charge in [0.1, 0.15) is 11.5 Å². The van der Waals surface area contributed by atoms with E-state index in [1.807, 2.05) is 17.9 Å². The lowest BCUT2D eigenvalue weighted by atomic mass is 10.2. The molecule has 7 nitrogen and oxygen atoms in total. The van der Waals surface area contributed by atoms with E-state index < -0.39 is 0 Å². The first-order chi connectivity index (χ1) is 13.1. The number of carbonyl (C=O) groups excluding carboxylic acids is 1. The quantitative estimate of drug-likeness (QED) is 0.629. The molecule has 3 rings (SSSR count). The van der Waals surface area contributed by atoms with Gasteiger partial charge in [0, 0.05) is 39.6 Å². The highest BCUT2D eigenvalue weighted by Gasteiger charge is 2.27. The van der Waals surface area contributed by atoms with Gasteiger partial charge in [-0.25, -0.2) is 0 Å². The number of likely N-dealkylation sites (tertiary alicyclic amines) is 1. The van der Waals surface area contributed by atoms with E-state index in [-0.39, 0.29) is 11.9 Å². The Hall–Kier alpha value is -2.02.